The second-order valence-corrected chi connectivity index (χ2v) is 6.93. The third kappa shape index (κ3) is 4.56. The van der Waals surface area contributed by atoms with E-state index < -0.39 is 17.9 Å². The van der Waals surface area contributed by atoms with Crippen molar-refractivity contribution in [3.8, 4) is 23.7 Å². The summed E-state index contributed by atoms with van der Waals surface area (Å²) >= 11 is 0. The lowest BCUT2D eigenvalue weighted by atomic mass is 10.0. The van der Waals surface area contributed by atoms with Crippen molar-refractivity contribution >= 4 is 24.2 Å². The highest BCUT2D eigenvalue weighted by atomic mass is 16.6. The largest absolute Gasteiger partial charge is 0.465 e. The van der Waals surface area contributed by atoms with Gasteiger partial charge in [0.25, 0.3) is 0 Å². The number of methoxy groups -OCH3 is 1. The van der Waals surface area contributed by atoms with Crippen molar-refractivity contribution in [1.29, 1.82) is 0 Å². The van der Waals surface area contributed by atoms with E-state index >= 15 is 0 Å². The van der Waals surface area contributed by atoms with Gasteiger partial charge in [-0.05, 0) is 60.7 Å². The summed E-state index contributed by atoms with van der Waals surface area (Å²) in [4.78, 5) is 46.1. The maximum atomic E-state index is 11.8. The number of fused-ring (bicyclic) bond motifs is 1. The fourth-order valence-corrected chi connectivity index (χ4v) is 3.11. The van der Waals surface area contributed by atoms with Gasteiger partial charge in [-0.25, -0.2) is 14.4 Å². The van der Waals surface area contributed by atoms with Crippen LogP contribution in [-0.2, 0) is 9.47 Å². The number of rotatable bonds is 2. The Labute approximate surface area is 189 Å². The van der Waals surface area contributed by atoms with Crippen LogP contribution in [0.1, 0.15) is 63.7 Å². The number of hydrogen-bond donors (Lipinski definition) is 0. The van der Waals surface area contributed by atoms with Gasteiger partial charge in [-0.1, -0.05) is 23.7 Å². The van der Waals surface area contributed by atoms with Gasteiger partial charge < -0.3 is 9.47 Å². The van der Waals surface area contributed by atoms with Gasteiger partial charge in [0.2, 0.25) is 0 Å². The molecule has 1 heterocycles. The van der Waals surface area contributed by atoms with Gasteiger partial charge in [-0.15, -0.1) is 0 Å². The second kappa shape index (κ2) is 9.05. The highest BCUT2D eigenvalue weighted by molar-refractivity contribution is 6.14. The molecule has 6 nitrogen and oxygen atoms in total. The van der Waals surface area contributed by atoms with Crippen LogP contribution in [0.5, 0.6) is 0 Å². The number of esters is 3. The van der Waals surface area contributed by atoms with Crippen molar-refractivity contribution in [3.63, 3.8) is 0 Å². The van der Waals surface area contributed by atoms with Crippen LogP contribution in [0.15, 0.2) is 60.7 Å². The molecule has 158 valence electrons. The molecule has 3 aromatic rings. The van der Waals surface area contributed by atoms with E-state index in [1.165, 1.54) is 31.4 Å². The molecule has 0 bridgehead atoms. The Bertz CT molecular complexity index is 1440. The molecular formula is C27H14O6. The van der Waals surface area contributed by atoms with Crippen LogP contribution in [0, 0.1) is 23.7 Å². The summed E-state index contributed by atoms with van der Waals surface area (Å²) in [5.41, 5.74) is 3.49. The van der Waals surface area contributed by atoms with Crippen LogP contribution in [0.4, 0.5) is 0 Å². The van der Waals surface area contributed by atoms with E-state index in [2.05, 4.69) is 28.4 Å². The molecule has 0 aliphatic carbocycles. The van der Waals surface area contributed by atoms with E-state index in [-0.39, 0.29) is 22.3 Å². The predicted octanol–water partition coefficient (Wildman–Crippen LogP) is 3.40. The van der Waals surface area contributed by atoms with Crippen LogP contribution >= 0.6 is 0 Å². The van der Waals surface area contributed by atoms with E-state index in [1.807, 2.05) is 0 Å². The highest BCUT2D eigenvalue weighted by Crippen LogP contribution is 2.21. The van der Waals surface area contributed by atoms with Gasteiger partial charge >= 0.3 is 17.9 Å². The molecular weight excluding hydrogens is 420 g/mol. The molecule has 6 heteroatoms. The van der Waals surface area contributed by atoms with Gasteiger partial charge in [-0.2, -0.15) is 0 Å². The normalized spacial score (nSPS) is 11.3. The second-order valence-electron chi connectivity index (χ2n) is 6.93. The lowest BCUT2D eigenvalue weighted by Gasteiger charge is -2.02. The first-order valence-electron chi connectivity index (χ1n) is 9.70. The number of carbonyl (C=O) groups excluding carboxylic acids is 4. The summed E-state index contributed by atoms with van der Waals surface area (Å²) in [5, 5.41) is 0. The Balaban J connectivity index is 1.51. The molecule has 0 atom stereocenters. The fourth-order valence-electron chi connectivity index (χ4n) is 3.11. The minimum atomic E-state index is -0.666. The molecule has 0 radical (unpaired) electrons. The standard InChI is InChI=1S/C27H14O6/c1-32-25(29)23-14-19(10-12-21(23)16-28)8-6-17-2-4-18(5-3-17)7-9-20-11-13-22-24(15-20)27(31)33-26(22)30/h2-5,10-16H,1H3. The Morgan fingerprint density at radius 2 is 1.27 bits per heavy atom. The fraction of sp³-hybridized carbons (Fsp3) is 0.0370. The number of benzene rings is 3. The average molecular weight is 434 g/mol. The van der Waals surface area contributed by atoms with Gasteiger partial charge in [-0.3, -0.25) is 4.79 Å². The van der Waals surface area contributed by atoms with Crippen molar-refractivity contribution < 1.29 is 28.7 Å². The Morgan fingerprint density at radius 1 is 0.758 bits per heavy atom. The zero-order chi connectivity index (χ0) is 23.4. The molecule has 1 aliphatic rings. The third-order valence-electron chi connectivity index (χ3n) is 4.82. The molecule has 0 amide bonds. The van der Waals surface area contributed by atoms with E-state index in [1.54, 1.807) is 36.4 Å². The van der Waals surface area contributed by atoms with Crippen molar-refractivity contribution in [3.05, 3.63) is 105 Å². The summed E-state index contributed by atoms with van der Waals surface area (Å²) in [6.45, 7) is 0. The monoisotopic (exact) mass is 434 g/mol. The van der Waals surface area contributed by atoms with Crippen LogP contribution in [0.25, 0.3) is 0 Å². The van der Waals surface area contributed by atoms with Gasteiger partial charge in [0.15, 0.2) is 6.29 Å². The first-order valence-corrected chi connectivity index (χ1v) is 9.70. The minimum absolute atomic E-state index is 0.161. The number of aldehydes is 1. The third-order valence-corrected chi connectivity index (χ3v) is 4.82. The molecule has 3 aromatic carbocycles. The van der Waals surface area contributed by atoms with E-state index in [9.17, 15) is 19.2 Å². The average Bonchev–Trinajstić information content (AvgIpc) is 3.14. The summed E-state index contributed by atoms with van der Waals surface area (Å²) in [6, 6.07) is 16.6. The predicted molar refractivity (Wildman–Crippen MR) is 118 cm³/mol. The Kier molecular flexibility index (Phi) is 5.84. The van der Waals surface area contributed by atoms with Crippen molar-refractivity contribution in [1.82, 2.24) is 0 Å². The van der Waals surface area contributed by atoms with E-state index in [0.29, 0.717) is 17.4 Å². The number of carbonyl (C=O) groups is 4. The minimum Gasteiger partial charge on any atom is -0.465 e. The molecule has 1 aliphatic heterocycles. The van der Waals surface area contributed by atoms with Crippen molar-refractivity contribution in [2.24, 2.45) is 0 Å². The van der Waals surface area contributed by atoms with Crippen LogP contribution in [0.3, 0.4) is 0 Å². The van der Waals surface area contributed by atoms with Crippen molar-refractivity contribution in [2.45, 2.75) is 0 Å². The Morgan fingerprint density at radius 3 is 1.88 bits per heavy atom. The summed E-state index contributed by atoms with van der Waals surface area (Å²) < 4.78 is 9.28. The maximum Gasteiger partial charge on any atom is 0.346 e. The molecule has 0 N–H and O–H groups in total. The maximum absolute atomic E-state index is 11.8. The first-order chi connectivity index (χ1) is 16.0. The zero-order valence-electron chi connectivity index (χ0n) is 17.3. The Hall–Kier alpha value is -4.94. The molecule has 4 rings (SSSR count). The first kappa shape index (κ1) is 21.3. The van der Waals surface area contributed by atoms with Gasteiger partial charge in [0.05, 0.1) is 23.8 Å². The SMILES string of the molecule is COC(=O)c1cc(C#Cc2ccc(C#Cc3ccc4c(c3)C(=O)OC4=O)cc2)ccc1C=O. The lowest BCUT2D eigenvalue weighted by molar-refractivity contribution is 0.0442. The van der Waals surface area contributed by atoms with Crippen LogP contribution in [-0.4, -0.2) is 31.3 Å². The quantitative estimate of drug-likeness (QED) is 0.266. The molecule has 0 unspecified atom stereocenters. The number of hydrogen-bond acceptors (Lipinski definition) is 6. The molecule has 0 saturated carbocycles. The topological polar surface area (TPSA) is 86.7 Å². The molecule has 0 aromatic heterocycles. The van der Waals surface area contributed by atoms with Crippen molar-refractivity contribution in [2.75, 3.05) is 7.11 Å². The van der Waals surface area contributed by atoms with E-state index in [4.69, 9.17) is 4.74 Å². The van der Waals surface area contributed by atoms with Gasteiger partial charge in [0, 0.05) is 27.8 Å². The molecule has 33 heavy (non-hydrogen) atoms. The molecule has 0 fully saturated rings. The highest BCUT2D eigenvalue weighted by Gasteiger charge is 2.29. The van der Waals surface area contributed by atoms with E-state index in [0.717, 1.165) is 11.1 Å². The summed E-state index contributed by atoms with van der Waals surface area (Å²) in [6.07, 6.45) is 0.594. The van der Waals surface area contributed by atoms with Crippen LogP contribution < -0.4 is 0 Å². The molecule has 0 saturated heterocycles. The number of cyclic esters (lactones) is 2. The molecule has 0 spiro atoms. The zero-order valence-corrected chi connectivity index (χ0v) is 17.3. The summed E-state index contributed by atoms with van der Waals surface area (Å²) in [5.74, 6) is 10.0. The number of ether oxygens (including phenoxy) is 2. The summed E-state index contributed by atoms with van der Waals surface area (Å²) in [7, 11) is 1.25. The van der Waals surface area contributed by atoms with Crippen LogP contribution in [0.2, 0.25) is 0 Å². The van der Waals surface area contributed by atoms with Gasteiger partial charge in [0.1, 0.15) is 0 Å². The smallest absolute Gasteiger partial charge is 0.346 e. The lowest BCUT2D eigenvalue weighted by Crippen LogP contribution is -2.05.